The van der Waals surface area contributed by atoms with Crippen molar-refractivity contribution >= 4 is 54.5 Å². The molecule has 0 fully saturated rings. The number of aromatic nitrogens is 8. The number of hydrogen-bond donors (Lipinski definition) is 1. The molecular weight excluding hydrogens is 1080 g/mol. The molecule has 2 N–H and O–H groups in total. The Morgan fingerprint density at radius 1 is 0.550 bits per heavy atom. The average Bonchev–Trinajstić information content (AvgIpc) is 4.14. The van der Waals surface area contributed by atoms with Crippen LogP contribution in [0.3, 0.4) is 0 Å². The predicted molar refractivity (Wildman–Crippen MR) is 295 cm³/mol. The fraction of sp³-hybridized carbons (Fsp3) is 0.185. The Labute approximate surface area is 458 Å². The normalized spacial score (nSPS) is 11.4. The number of hydrogen-bond acceptors (Lipinski definition) is 17. The lowest BCUT2D eigenvalue weighted by Gasteiger charge is -2.14. The molecule has 0 saturated heterocycles. The number of nitro benzene ring substituents is 1. The molecule has 410 valence electrons. The number of methoxy groups -OCH3 is 2. The highest BCUT2D eigenvalue weighted by Crippen LogP contribution is 2.40. The lowest BCUT2D eigenvalue weighted by atomic mass is 10.1. The standard InChI is InChI=1S/C27H22F2N6O5S.C27H24F2N6O3S/c1-32(2)13-18-23-25(36)34(21-11-12-22(40-3)31-30-21)27(37)33(14-17-19(28)5-4-6-20(17)29)26(23)41-24(18)15-7-9-16(10-8-15)35(38)39;1-33(2)13-18-23-25(36)35(21-11-12-22(38-3)32-31-21)27(37)34(14-17-19(28)5-4-6-20(17)29)26(23)39-24(18)15-7-9-16(30)10-8-15/h4-12H,13-14H2,1-3H3;4-12H,13-14,30H2,1-3H3. The van der Waals surface area contributed by atoms with Gasteiger partial charge in [0.1, 0.15) is 32.9 Å². The van der Waals surface area contributed by atoms with Crippen molar-refractivity contribution in [3.05, 3.63) is 207 Å². The Kier molecular flexibility index (Phi) is 16.0. The fourth-order valence-corrected chi connectivity index (χ4v) is 11.4. The third-order valence-electron chi connectivity index (χ3n) is 12.5. The van der Waals surface area contributed by atoms with Gasteiger partial charge in [0.05, 0.1) is 43.0 Å². The summed E-state index contributed by atoms with van der Waals surface area (Å²) in [4.78, 5) is 72.0. The lowest BCUT2D eigenvalue weighted by Crippen LogP contribution is -2.39. The number of anilines is 1. The zero-order chi connectivity index (χ0) is 57.3. The predicted octanol–water partition coefficient (Wildman–Crippen LogP) is 7.63. The highest BCUT2D eigenvalue weighted by molar-refractivity contribution is 7.22. The van der Waals surface area contributed by atoms with Crippen LogP contribution in [0.25, 0.3) is 53.0 Å². The number of thiophene rings is 2. The monoisotopic (exact) mass is 1130 g/mol. The Morgan fingerprint density at radius 2 is 0.925 bits per heavy atom. The van der Waals surface area contributed by atoms with Gasteiger partial charge in [-0.1, -0.05) is 24.3 Å². The Morgan fingerprint density at radius 3 is 1.25 bits per heavy atom. The van der Waals surface area contributed by atoms with E-state index in [1.54, 1.807) is 38.4 Å². The first-order valence-corrected chi connectivity index (χ1v) is 25.6. The average molecular weight is 1130 g/mol. The maximum absolute atomic E-state index is 14.8. The molecule has 0 unspecified atom stereocenters. The van der Waals surface area contributed by atoms with Gasteiger partial charge in [-0.2, -0.15) is 0 Å². The largest absolute Gasteiger partial charge is 0.480 e. The Balaban J connectivity index is 0.000000194. The van der Waals surface area contributed by atoms with E-state index in [2.05, 4.69) is 20.4 Å². The van der Waals surface area contributed by atoms with Gasteiger partial charge in [-0.3, -0.25) is 28.8 Å². The van der Waals surface area contributed by atoms with Crippen molar-refractivity contribution in [3.8, 4) is 44.3 Å². The van der Waals surface area contributed by atoms with Crippen molar-refractivity contribution in [2.75, 3.05) is 48.1 Å². The van der Waals surface area contributed by atoms with Crippen LogP contribution in [0.5, 0.6) is 11.8 Å². The summed E-state index contributed by atoms with van der Waals surface area (Å²) in [5.41, 5.74) is 5.23. The van der Waals surface area contributed by atoms with Crippen LogP contribution in [0.4, 0.5) is 28.9 Å². The summed E-state index contributed by atoms with van der Waals surface area (Å²) >= 11 is 2.28. The summed E-state index contributed by atoms with van der Waals surface area (Å²) < 4.78 is 73.1. The molecule has 0 amide bonds. The van der Waals surface area contributed by atoms with Gasteiger partial charge in [-0.15, -0.1) is 43.1 Å². The molecule has 26 heteroatoms. The molecule has 0 saturated carbocycles. The molecule has 0 aliphatic carbocycles. The maximum Gasteiger partial charge on any atom is 0.338 e. The number of benzene rings is 4. The van der Waals surface area contributed by atoms with Crippen LogP contribution in [-0.4, -0.2) is 95.8 Å². The van der Waals surface area contributed by atoms with Gasteiger partial charge in [0.2, 0.25) is 11.8 Å². The number of nitro groups is 1. The number of fused-ring (bicyclic) bond motifs is 2. The summed E-state index contributed by atoms with van der Waals surface area (Å²) in [6.45, 7) is -0.349. The van der Waals surface area contributed by atoms with Crippen molar-refractivity contribution in [2.24, 2.45) is 0 Å². The van der Waals surface area contributed by atoms with E-state index in [1.165, 1.54) is 78.7 Å². The number of nitrogens with two attached hydrogens (primary N) is 1. The molecule has 4 aromatic carbocycles. The number of nitrogen functional groups attached to an aromatic ring is 1. The van der Waals surface area contributed by atoms with Gasteiger partial charge in [-0.05, 0) is 111 Å². The molecule has 20 nitrogen and oxygen atoms in total. The van der Waals surface area contributed by atoms with Crippen LogP contribution < -0.4 is 37.7 Å². The van der Waals surface area contributed by atoms with Crippen LogP contribution in [0.1, 0.15) is 22.3 Å². The van der Waals surface area contributed by atoms with Crippen molar-refractivity contribution in [3.63, 3.8) is 0 Å². The van der Waals surface area contributed by atoms with Gasteiger partial charge in [0, 0.05) is 63.9 Å². The first kappa shape index (κ1) is 55.5. The zero-order valence-corrected chi connectivity index (χ0v) is 44.9. The van der Waals surface area contributed by atoms with Crippen LogP contribution in [0.15, 0.2) is 128 Å². The number of halogens is 4. The smallest absolute Gasteiger partial charge is 0.338 e. The van der Waals surface area contributed by atoms with Crippen LogP contribution in [0.2, 0.25) is 0 Å². The SMILES string of the molecule is COc1ccc(-n2c(=O)c3c(CN(C)C)c(-c4ccc(N)cc4)sc3n(Cc3c(F)cccc3F)c2=O)nn1.COc1ccc(-n2c(=O)c3c(CN(C)C)c(-c4ccc([N+](=O)[O-])cc4)sc3n(Cc3c(F)cccc3F)c2=O)nn1. The number of rotatable bonds is 15. The lowest BCUT2D eigenvalue weighted by molar-refractivity contribution is -0.384. The van der Waals surface area contributed by atoms with E-state index >= 15 is 0 Å². The second-order valence-corrected chi connectivity index (χ2v) is 20.4. The molecule has 0 atom stereocenters. The molecule has 0 spiro atoms. The third kappa shape index (κ3) is 10.8. The van der Waals surface area contributed by atoms with Crippen molar-refractivity contribution in [2.45, 2.75) is 26.2 Å². The molecule has 80 heavy (non-hydrogen) atoms. The van der Waals surface area contributed by atoms with E-state index in [0.717, 1.165) is 59.7 Å². The second-order valence-electron chi connectivity index (χ2n) is 18.4. The molecule has 6 aromatic heterocycles. The molecule has 0 aliphatic rings. The number of ether oxygens (including phenoxy) is 2. The third-order valence-corrected chi connectivity index (χ3v) is 15.1. The molecular formula is C54H46F4N12O8S2. The highest BCUT2D eigenvalue weighted by atomic mass is 32.1. The van der Waals surface area contributed by atoms with Crippen LogP contribution in [-0.2, 0) is 26.2 Å². The van der Waals surface area contributed by atoms with Gasteiger partial charge in [-0.25, -0.2) is 36.3 Å². The maximum atomic E-state index is 14.8. The molecule has 10 rings (SSSR count). The zero-order valence-electron chi connectivity index (χ0n) is 43.3. The van der Waals surface area contributed by atoms with E-state index in [0.29, 0.717) is 33.8 Å². The van der Waals surface area contributed by atoms with Gasteiger partial charge >= 0.3 is 11.4 Å². The van der Waals surface area contributed by atoms with Crippen molar-refractivity contribution in [1.82, 2.24) is 48.5 Å². The van der Waals surface area contributed by atoms with Gasteiger partial charge in [0.25, 0.3) is 16.8 Å². The summed E-state index contributed by atoms with van der Waals surface area (Å²) in [5, 5.41) is 27.3. The second kappa shape index (κ2) is 23.0. The summed E-state index contributed by atoms with van der Waals surface area (Å²) in [7, 11) is 10.1. The van der Waals surface area contributed by atoms with Crippen molar-refractivity contribution in [1.29, 1.82) is 0 Å². The van der Waals surface area contributed by atoms with Crippen LogP contribution in [0, 0.1) is 33.4 Å². The highest BCUT2D eigenvalue weighted by Gasteiger charge is 2.28. The minimum atomic E-state index is -0.877. The summed E-state index contributed by atoms with van der Waals surface area (Å²) in [5.74, 6) is -3.13. The minimum Gasteiger partial charge on any atom is -0.480 e. The molecule has 0 radical (unpaired) electrons. The van der Waals surface area contributed by atoms with E-state index in [1.807, 2.05) is 36.0 Å². The van der Waals surface area contributed by atoms with E-state index in [-0.39, 0.29) is 67.2 Å². The summed E-state index contributed by atoms with van der Waals surface area (Å²) in [6, 6.07) is 25.5. The minimum absolute atomic E-state index is 0.0495. The van der Waals surface area contributed by atoms with Gasteiger partial charge < -0.3 is 25.0 Å². The quantitative estimate of drug-likeness (QED) is 0.0450. The Bertz CT molecular complexity index is 4200. The van der Waals surface area contributed by atoms with E-state index in [9.17, 15) is 46.9 Å². The van der Waals surface area contributed by atoms with Crippen molar-refractivity contribution < 1.29 is 32.0 Å². The van der Waals surface area contributed by atoms with Crippen LogP contribution >= 0.6 is 22.7 Å². The molecule has 0 aliphatic heterocycles. The Hall–Kier alpha value is -9.24. The number of nitrogens with zero attached hydrogens (tertiary/aromatic N) is 11. The van der Waals surface area contributed by atoms with Gasteiger partial charge in [0.15, 0.2) is 11.6 Å². The summed E-state index contributed by atoms with van der Waals surface area (Å²) in [6.07, 6.45) is 0. The van der Waals surface area contributed by atoms with E-state index < -0.39 is 63.8 Å². The fourth-order valence-electron chi connectivity index (χ4n) is 8.76. The molecule has 10 aromatic rings. The first-order valence-electron chi connectivity index (χ1n) is 23.9. The molecule has 6 heterocycles. The topological polar surface area (TPSA) is 234 Å². The first-order chi connectivity index (χ1) is 38.3. The number of non-ortho nitro benzene ring substituents is 1. The molecule has 0 bridgehead atoms. The van der Waals surface area contributed by atoms with E-state index in [4.69, 9.17) is 15.2 Å².